The average molecular weight is 456 g/mol. The van der Waals surface area contributed by atoms with E-state index in [1.54, 1.807) is 7.05 Å². The maximum atomic E-state index is 4.51. The van der Waals surface area contributed by atoms with Crippen LogP contribution in [0.15, 0.2) is 29.4 Å². The number of nitrogens with one attached hydrogen (secondary N) is 2. The second-order valence-corrected chi connectivity index (χ2v) is 5.92. The van der Waals surface area contributed by atoms with Gasteiger partial charge in [0.2, 0.25) is 0 Å². The molecular formula is C18H29IN6. The van der Waals surface area contributed by atoms with Crippen molar-refractivity contribution in [3.63, 3.8) is 0 Å². The molecule has 0 bridgehead atoms. The zero-order chi connectivity index (χ0) is 17.4. The summed E-state index contributed by atoms with van der Waals surface area (Å²) < 4.78 is 1.86. The Bertz CT molecular complexity index is 663. The van der Waals surface area contributed by atoms with E-state index in [1.165, 1.54) is 12.8 Å². The van der Waals surface area contributed by atoms with Crippen molar-refractivity contribution >= 4 is 29.9 Å². The second-order valence-electron chi connectivity index (χ2n) is 5.92. The number of hydrogen-bond donors (Lipinski definition) is 2. The molecule has 0 aliphatic rings. The molecule has 0 atom stereocenters. The van der Waals surface area contributed by atoms with Crippen LogP contribution in [0.5, 0.6) is 0 Å². The van der Waals surface area contributed by atoms with Crippen LogP contribution in [-0.2, 0) is 6.54 Å². The van der Waals surface area contributed by atoms with Crippen molar-refractivity contribution < 1.29 is 0 Å². The molecular weight excluding hydrogens is 427 g/mol. The predicted octanol–water partition coefficient (Wildman–Crippen LogP) is 3.36. The maximum Gasteiger partial charge on any atom is 0.191 e. The minimum absolute atomic E-state index is 0. The minimum atomic E-state index is 0. The number of rotatable bonds is 7. The van der Waals surface area contributed by atoms with Gasteiger partial charge in [-0.2, -0.15) is 5.10 Å². The number of hydrogen-bond acceptors (Lipinski definition) is 3. The summed E-state index contributed by atoms with van der Waals surface area (Å²) in [4.78, 5) is 8.75. The molecule has 2 aromatic heterocycles. The monoisotopic (exact) mass is 456 g/mol. The van der Waals surface area contributed by atoms with Crippen molar-refractivity contribution in [1.29, 1.82) is 0 Å². The molecule has 0 aliphatic carbocycles. The number of pyridine rings is 1. The van der Waals surface area contributed by atoms with E-state index in [2.05, 4.69) is 38.7 Å². The number of aliphatic imine (C=N–C) groups is 1. The lowest BCUT2D eigenvalue weighted by Gasteiger charge is -2.12. The van der Waals surface area contributed by atoms with E-state index >= 15 is 0 Å². The van der Waals surface area contributed by atoms with E-state index in [1.807, 2.05) is 36.9 Å². The molecule has 0 aliphatic heterocycles. The number of aromatic nitrogens is 3. The Morgan fingerprint density at radius 3 is 2.56 bits per heavy atom. The molecule has 2 heterocycles. The summed E-state index contributed by atoms with van der Waals surface area (Å²) in [5.41, 5.74) is 3.19. The molecule has 0 unspecified atom stereocenters. The Labute approximate surface area is 167 Å². The standard InChI is InChI=1S/C18H28N6.HI/c1-5-6-7-10-20-18(19-4)22-13-16-8-9-17(21-12-16)24-15(3)11-14(2)23-24;/h8-9,11-12H,5-7,10,13H2,1-4H3,(H2,19,20,22);1H. The highest BCUT2D eigenvalue weighted by atomic mass is 127. The highest BCUT2D eigenvalue weighted by Gasteiger charge is 2.05. The van der Waals surface area contributed by atoms with E-state index in [0.29, 0.717) is 6.54 Å². The summed E-state index contributed by atoms with van der Waals surface area (Å²) in [5, 5.41) is 11.1. The molecule has 0 amide bonds. The molecule has 6 nitrogen and oxygen atoms in total. The van der Waals surface area contributed by atoms with Gasteiger partial charge in [0.15, 0.2) is 11.8 Å². The van der Waals surface area contributed by atoms with Crippen LogP contribution in [0, 0.1) is 13.8 Å². The summed E-state index contributed by atoms with van der Waals surface area (Å²) >= 11 is 0. The van der Waals surface area contributed by atoms with Crippen LogP contribution in [0.25, 0.3) is 5.82 Å². The van der Waals surface area contributed by atoms with Crippen molar-refractivity contribution in [2.24, 2.45) is 4.99 Å². The summed E-state index contributed by atoms with van der Waals surface area (Å²) in [6.07, 6.45) is 5.50. The molecule has 7 heteroatoms. The summed E-state index contributed by atoms with van der Waals surface area (Å²) in [7, 11) is 1.79. The molecule has 0 saturated carbocycles. The van der Waals surface area contributed by atoms with Gasteiger partial charge in [-0.15, -0.1) is 24.0 Å². The van der Waals surface area contributed by atoms with Crippen molar-refractivity contribution in [1.82, 2.24) is 25.4 Å². The molecule has 2 N–H and O–H groups in total. The first-order chi connectivity index (χ1) is 11.6. The average Bonchev–Trinajstić information content (AvgIpc) is 2.93. The number of halogens is 1. The minimum Gasteiger partial charge on any atom is -0.356 e. The zero-order valence-electron chi connectivity index (χ0n) is 15.5. The fraction of sp³-hybridized carbons (Fsp3) is 0.500. The van der Waals surface area contributed by atoms with Gasteiger partial charge in [-0.1, -0.05) is 25.8 Å². The Balaban J connectivity index is 0.00000312. The SMILES string of the molecule is CCCCCNC(=NC)NCc1ccc(-n2nc(C)cc2C)nc1.I. The van der Waals surface area contributed by atoms with Gasteiger partial charge < -0.3 is 10.6 Å². The van der Waals surface area contributed by atoms with Gasteiger partial charge in [-0.3, -0.25) is 4.99 Å². The van der Waals surface area contributed by atoms with Gasteiger partial charge in [0, 0.05) is 32.0 Å². The molecule has 2 rings (SSSR count). The Kier molecular flexibility index (Phi) is 9.48. The zero-order valence-corrected chi connectivity index (χ0v) is 17.9. The van der Waals surface area contributed by atoms with E-state index in [4.69, 9.17) is 0 Å². The molecule has 0 aromatic carbocycles. The molecule has 0 radical (unpaired) electrons. The smallest absolute Gasteiger partial charge is 0.191 e. The first-order valence-corrected chi connectivity index (χ1v) is 8.57. The Morgan fingerprint density at radius 1 is 1.20 bits per heavy atom. The van der Waals surface area contributed by atoms with Crippen LogP contribution in [0.2, 0.25) is 0 Å². The second kappa shape index (κ2) is 11.1. The van der Waals surface area contributed by atoms with Crippen LogP contribution >= 0.6 is 24.0 Å². The summed E-state index contributed by atoms with van der Waals surface area (Å²) in [6.45, 7) is 7.86. The molecule has 0 spiro atoms. The van der Waals surface area contributed by atoms with E-state index < -0.39 is 0 Å². The molecule has 0 saturated heterocycles. The van der Waals surface area contributed by atoms with E-state index in [0.717, 1.165) is 41.7 Å². The van der Waals surface area contributed by atoms with Gasteiger partial charge in [0.1, 0.15) is 0 Å². The lowest BCUT2D eigenvalue weighted by Crippen LogP contribution is -2.37. The van der Waals surface area contributed by atoms with Gasteiger partial charge in [0.05, 0.1) is 5.69 Å². The number of guanidine groups is 1. The van der Waals surface area contributed by atoms with Gasteiger partial charge in [-0.25, -0.2) is 9.67 Å². The van der Waals surface area contributed by atoms with Crippen LogP contribution < -0.4 is 10.6 Å². The molecule has 0 fully saturated rings. The topological polar surface area (TPSA) is 67.1 Å². The third-order valence-electron chi connectivity index (χ3n) is 3.79. The van der Waals surface area contributed by atoms with Crippen molar-refractivity contribution in [2.75, 3.05) is 13.6 Å². The lowest BCUT2D eigenvalue weighted by atomic mass is 10.2. The van der Waals surface area contributed by atoms with Crippen LogP contribution in [0.3, 0.4) is 0 Å². The fourth-order valence-electron chi connectivity index (χ4n) is 2.50. The first kappa shape index (κ1) is 21.4. The normalized spacial score (nSPS) is 11.1. The summed E-state index contributed by atoms with van der Waals surface area (Å²) in [6, 6.07) is 6.11. The van der Waals surface area contributed by atoms with Crippen LogP contribution in [0.4, 0.5) is 0 Å². The summed E-state index contributed by atoms with van der Waals surface area (Å²) in [5.74, 6) is 1.67. The highest BCUT2D eigenvalue weighted by Crippen LogP contribution is 2.10. The predicted molar refractivity (Wildman–Crippen MR) is 114 cm³/mol. The Morgan fingerprint density at radius 2 is 2.00 bits per heavy atom. The third kappa shape index (κ3) is 6.64. The largest absolute Gasteiger partial charge is 0.356 e. The quantitative estimate of drug-likeness (QED) is 0.290. The highest BCUT2D eigenvalue weighted by molar-refractivity contribution is 14.0. The molecule has 2 aromatic rings. The third-order valence-corrected chi connectivity index (χ3v) is 3.79. The molecule has 25 heavy (non-hydrogen) atoms. The van der Waals surface area contributed by atoms with Gasteiger partial charge in [-0.05, 0) is 38.0 Å². The van der Waals surface area contributed by atoms with Crippen molar-refractivity contribution in [3.05, 3.63) is 41.3 Å². The first-order valence-electron chi connectivity index (χ1n) is 8.57. The number of unbranched alkanes of at least 4 members (excludes halogenated alkanes) is 2. The lowest BCUT2D eigenvalue weighted by molar-refractivity contribution is 0.682. The van der Waals surface area contributed by atoms with Crippen molar-refractivity contribution in [2.45, 2.75) is 46.6 Å². The van der Waals surface area contributed by atoms with E-state index in [-0.39, 0.29) is 24.0 Å². The van der Waals surface area contributed by atoms with Gasteiger partial charge in [0.25, 0.3) is 0 Å². The fourth-order valence-corrected chi connectivity index (χ4v) is 2.50. The maximum absolute atomic E-state index is 4.51. The van der Waals surface area contributed by atoms with Crippen LogP contribution in [0.1, 0.15) is 43.1 Å². The van der Waals surface area contributed by atoms with Gasteiger partial charge >= 0.3 is 0 Å². The van der Waals surface area contributed by atoms with E-state index in [9.17, 15) is 0 Å². The van der Waals surface area contributed by atoms with Crippen molar-refractivity contribution in [3.8, 4) is 5.82 Å². The van der Waals surface area contributed by atoms with Crippen LogP contribution in [-0.4, -0.2) is 34.3 Å². The Hall–Kier alpha value is -1.64. The number of nitrogens with zero attached hydrogens (tertiary/aromatic N) is 4. The number of aryl methyl sites for hydroxylation is 2. The molecule has 138 valence electrons.